The van der Waals surface area contributed by atoms with Gasteiger partial charge in [0.25, 0.3) is 0 Å². The normalized spacial score (nSPS) is 23.2. The van der Waals surface area contributed by atoms with E-state index in [9.17, 15) is 4.79 Å². The van der Waals surface area contributed by atoms with Crippen molar-refractivity contribution < 1.29 is 9.42 Å². The summed E-state index contributed by atoms with van der Waals surface area (Å²) in [5.74, 6) is 0.259. The van der Waals surface area contributed by atoms with Gasteiger partial charge in [0.2, 0.25) is 5.91 Å². The summed E-state index contributed by atoms with van der Waals surface area (Å²) in [4.78, 5) is 21.3. The minimum atomic E-state index is 0.171. The lowest BCUT2D eigenvalue weighted by atomic mass is 9.73. The molecule has 2 saturated heterocycles. The van der Waals surface area contributed by atoms with Crippen molar-refractivity contribution in [2.45, 2.75) is 38.8 Å². The van der Waals surface area contributed by atoms with E-state index in [1.54, 1.807) is 6.20 Å². The Kier molecular flexibility index (Phi) is 4.75. The van der Waals surface area contributed by atoms with E-state index in [1.165, 1.54) is 6.42 Å². The Morgan fingerprint density at radius 3 is 2.93 bits per heavy atom. The summed E-state index contributed by atoms with van der Waals surface area (Å²) in [7, 11) is 0. The molecule has 7 nitrogen and oxygen atoms in total. The van der Waals surface area contributed by atoms with Gasteiger partial charge in [-0.15, -0.1) is 0 Å². The zero-order valence-corrected chi connectivity index (χ0v) is 16.5. The Bertz CT molecular complexity index is 1000. The highest BCUT2D eigenvalue weighted by atomic mass is 16.6. The van der Waals surface area contributed by atoms with Crippen LogP contribution in [0.25, 0.3) is 11.0 Å². The lowest BCUT2D eigenvalue weighted by Gasteiger charge is -2.48. The van der Waals surface area contributed by atoms with Gasteiger partial charge in [0.15, 0.2) is 0 Å². The molecule has 2 aliphatic rings. The fraction of sp³-hybridized carbons (Fsp3) is 0.455. The molecule has 150 valence electrons. The number of hydrogen-bond donors (Lipinski definition) is 0. The van der Waals surface area contributed by atoms with Crippen LogP contribution < -0.4 is 0 Å². The van der Waals surface area contributed by atoms with Crippen LogP contribution >= 0.6 is 0 Å². The minimum absolute atomic E-state index is 0.171. The average molecular weight is 391 g/mol. The molecule has 0 N–H and O–H groups in total. The van der Waals surface area contributed by atoms with E-state index in [4.69, 9.17) is 4.63 Å². The topological polar surface area (TPSA) is 75.4 Å². The van der Waals surface area contributed by atoms with Crippen molar-refractivity contribution in [3.8, 4) is 0 Å². The molecule has 1 unspecified atom stereocenters. The van der Waals surface area contributed by atoms with Crippen LogP contribution in [0.2, 0.25) is 0 Å². The summed E-state index contributed by atoms with van der Waals surface area (Å²) in [6.07, 6.45) is 7.57. The van der Waals surface area contributed by atoms with Crippen LogP contribution in [0.1, 0.15) is 36.8 Å². The highest BCUT2D eigenvalue weighted by Crippen LogP contribution is 2.39. The van der Waals surface area contributed by atoms with E-state index in [0.29, 0.717) is 13.0 Å². The third-order valence-electron chi connectivity index (χ3n) is 6.35. The van der Waals surface area contributed by atoms with Gasteiger partial charge < -0.3 is 4.90 Å². The summed E-state index contributed by atoms with van der Waals surface area (Å²) < 4.78 is 4.92. The number of pyridine rings is 1. The molecule has 0 radical (unpaired) electrons. The van der Waals surface area contributed by atoms with Gasteiger partial charge >= 0.3 is 0 Å². The van der Waals surface area contributed by atoms with Gasteiger partial charge in [0, 0.05) is 50.4 Å². The van der Waals surface area contributed by atoms with Crippen LogP contribution in [0.3, 0.4) is 0 Å². The number of hydrogen-bond acceptors (Lipinski definition) is 6. The molecular weight excluding hydrogens is 366 g/mol. The maximum Gasteiger partial charge on any atom is 0.222 e. The molecule has 0 aliphatic carbocycles. The van der Waals surface area contributed by atoms with Crippen LogP contribution in [0, 0.1) is 5.41 Å². The largest absolute Gasteiger partial charge is 0.338 e. The Labute approximate surface area is 169 Å². The predicted molar refractivity (Wildman–Crippen MR) is 108 cm³/mol. The SMILES string of the molecule is O=C1CCC2(CCCN(Cc3cccc4nonc34)C2)CN1Cc1cccnc1. The molecule has 0 saturated carbocycles. The Hall–Kier alpha value is -2.80. The van der Waals surface area contributed by atoms with Crippen LogP contribution in [0.5, 0.6) is 0 Å². The van der Waals surface area contributed by atoms with E-state index in [0.717, 1.165) is 61.2 Å². The summed E-state index contributed by atoms with van der Waals surface area (Å²) in [6.45, 7) is 4.39. The first-order valence-electron chi connectivity index (χ1n) is 10.3. The molecule has 1 spiro atoms. The van der Waals surface area contributed by atoms with E-state index >= 15 is 0 Å². The number of fused-ring (bicyclic) bond motifs is 1. The van der Waals surface area contributed by atoms with E-state index in [-0.39, 0.29) is 11.3 Å². The third kappa shape index (κ3) is 3.74. The van der Waals surface area contributed by atoms with Crippen LogP contribution in [-0.2, 0) is 17.9 Å². The number of rotatable bonds is 4. The second kappa shape index (κ2) is 7.55. The van der Waals surface area contributed by atoms with E-state index < -0.39 is 0 Å². The van der Waals surface area contributed by atoms with E-state index in [2.05, 4.69) is 26.3 Å². The highest BCUT2D eigenvalue weighted by Gasteiger charge is 2.41. The maximum absolute atomic E-state index is 12.6. The van der Waals surface area contributed by atoms with Crippen LogP contribution in [-0.4, -0.2) is 50.6 Å². The number of piperidine rings is 2. The standard InChI is InChI=1S/C22H25N5O2/c28-20-7-9-22(16-27(20)13-17-4-2-10-23-12-17)8-3-11-26(15-22)14-18-5-1-6-19-21(18)25-29-24-19/h1-2,4-6,10,12H,3,7-9,11,13-16H2. The number of likely N-dealkylation sites (tertiary alicyclic amines) is 2. The van der Waals surface area contributed by atoms with Gasteiger partial charge in [-0.25, -0.2) is 4.63 Å². The molecule has 1 amide bonds. The number of aromatic nitrogens is 3. The first-order chi connectivity index (χ1) is 14.2. The second-order valence-corrected chi connectivity index (χ2v) is 8.47. The van der Waals surface area contributed by atoms with Gasteiger partial charge in [0.05, 0.1) is 0 Å². The number of amides is 1. The van der Waals surface area contributed by atoms with Crippen molar-refractivity contribution in [2.24, 2.45) is 5.41 Å². The van der Waals surface area contributed by atoms with Crippen LogP contribution in [0.4, 0.5) is 0 Å². The summed E-state index contributed by atoms with van der Waals surface area (Å²) in [6, 6.07) is 10.0. The molecule has 2 aliphatic heterocycles. The van der Waals surface area contributed by atoms with Gasteiger partial charge in [-0.1, -0.05) is 18.2 Å². The molecule has 2 aromatic heterocycles. The molecular formula is C22H25N5O2. The van der Waals surface area contributed by atoms with Crippen molar-refractivity contribution in [1.29, 1.82) is 0 Å². The lowest BCUT2D eigenvalue weighted by Crippen LogP contribution is -2.53. The minimum Gasteiger partial charge on any atom is -0.338 e. The van der Waals surface area contributed by atoms with Gasteiger partial charge in [0.1, 0.15) is 11.0 Å². The van der Waals surface area contributed by atoms with Crippen molar-refractivity contribution >= 4 is 16.9 Å². The van der Waals surface area contributed by atoms with Crippen molar-refractivity contribution in [3.05, 3.63) is 53.9 Å². The number of nitrogens with zero attached hydrogens (tertiary/aromatic N) is 5. The first-order valence-corrected chi connectivity index (χ1v) is 10.3. The molecule has 5 rings (SSSR count). The number of carbonyl (C=O) groups excluding carboxylic acids is 1. The second-order valence-electron chi connectivity index (χ2n) is 8.47. The molecule has 7 heteroatoms. The fourth-order valence-corrected chi connectivity index (χ4v) is 4.97. The third-order valence-corrected chi connectivity index (χ3v) is 6.35. The zero-order chi connectivity index (χ0) is 19.7. The Morgan fingerprint density at radius 2 is 2.03 bits per heavy atom. The molecule has 1 atom stereocenters. The number of carbonyl (C=O) groups is 1. The summed E-state index contributed by atoms with van der Waals surface area (Å²) in [5.41, 5.74) is 4.07. The summed E-state index contributed by atoms with van der Waals surface area (Å²) in [5, 5.41) is 8.05. The predicted octanol–water partition coefficient (Wildman–Crippen LogP) is 3.02. The molecule has 3 aromatic rings. The highest BCUT2D eigenvalue weighted by molar-refractivity contribution is 5.77. The Morgan fingerprint density at radius 1 is 1.07 bits per heavy atom. The molecule has 0 bridgehead atoms. The van der Waals surface area contributed by atoms with E-state index in [1.807, 2.05) is 35.4 Å². The number of benzene rings is 1. The smallest absolute Gasteiger partial charge is 0.222 e. The Balaban J connectivity index is 1.31. The first kappa shape index (κ1) is 18.2. The zero-order valence-electron chi connectivity index (χ0n) is 16.5. The molecule has 1 aromatic carbocycles. The summed E-state index contributed by atoms with van der Waals surface area (Å²) >= 11 is 0. The molecule has 29 heavy (non-hydrogen) atoms. The van der Waals surface area contributed by atoms with Gasteiger partial charge in [-0.2, -0.15) is 0 Å². The molecule has 2 fully saturated rings. The average Bonchev–Trinajstić information content (AvgIpc) is 3.22. The van der Waals surface area contributed by atoms with Gasteiger partial charge in [-0.05, 0) is 59.4 Å². The molecule has 4 heterocycles. The van der Waals surface area contributed by atoms with Crippen molar-refractivity contribution in [2.75, 3.05) is 19.6 Å². The lowest BCUT2D eigenvalue weighted by molar-refractivity contribution is -0.140. The van der Waals surface area contributed by atoms with Crippen molar-refractivity contribution in [1.82, 2.24) is 25.1 Å². The quantitative estimate of drug-likeness (QED) is 0.681. The van der Waals surface area contributed by atoms with Gasteiger partial charge in [-0.3, -0.25) is 14.7 Å². The van der Waals surface area contributed by atoms with Crippen molar-refractivity contribution in [3.63, 3.8) is 0 Å². The maximum atomic E-state index is 12.6. The van der Waals surface area contributed by atoms with Crippen LogP contribution in [0.15, 0.2) is 47.4 Å². The monoisotopic (exact) mass is 391 g/mol. The fourth-order valence-electron chi connectivity index (χ4n) is 4.97.